The van der Waals surface area contributed by atoms with Crippen LogP contribution in [0.4, 0.5) is 5.69 Å². The lowest BCUT2D eigenvalue weighted by Crippen LogP contribution is -2.11. The number of hydrogen-bond acceptors (Lipinski definition) is 4. The number of phenols is 1. The molecule has 0 aliphatic carbocycles. The molecule has 4 rings (SSSR count). The van der Waals surface area contributed by atoms with E-state index in [9.17, 15) is 9.32 Å². The van der Waals surface area contributed by atoms with E-state index in [-0.39, 0.29) is 11.0 Å². The molecular weight excluding hydrogens is 338 g/mol. The number of thiophene rings is 1. The number of aromatic hydroxyl groups is 1. The molecule has 1 N–H and O–H groups in total. The molecule has 2 heterocycles. The second kappa shape index (κ2) is 6.34. The van der Waals surface area contributed by atoms with Crippen molar-refractivity contribution in [2.75, 3.05) is 0 Å². The van der Waals surface area contributed by atoms with Gasteiger partial charge in [-0.15, -0.1) is 11.3 Å². The van der Waals surface area contributed by atoms with Crippen LogP contribution in [0.3, 0.4) is 0 Å². The van der Waals surface area contributed by atoms with Gasteiger partial charge in [0.25, 0.3) is 0 Å². The predicted molar refractivity (Wildman–Crippen MR) is 98.8 cm³/mol. The fourth-order valence-electron chi connectivity index (χ4n) is 2.90. The first kappa shape index (κ1) is 15.3. The molecule has 2 atom stereocenters. The first-order valence-electron chi connectivity index (χ1n) is 7.63. The predicted octanol–water partition coefficient (Wildman–Crippen LogP) is 4.83. The summed E-state index contributed by atoms with van der Waals surface area (Å²) in [5.41, 5.74) is 2.37. The standard InChI is InChI=1S/C19H15NO2S2/c21-16-8-3-1-6-13(16)19-12-15(17-9-5-11-23-17)20-14-7-2-4-10-18(14)24(19)22/h1-11,19,21H,12H2. The molecule has 24 heavy (non-hydrogen) atoms. The summed E-state index contributed by atoms with van der Waals surface area (Å²) >= 11 is 1.62. The molecule has 5 heteroatoms. The van der Waals surface area contributed by atoms with E-state index in [0.29, 0.717) is 12.0 Å². The molecule has 2 unspecified atom stereocenters. The molecule has 0 spiro atoms. The maximum absolute atomic E-state index is 13.2. The van der Waals surface area contributed by atoms with E-state index >= 15 is 0 Å². The quantitative estimate of drug-likeness (QED) is 0.717. The van der Waals surface area contributed by atoms with E-state index in [1.165, 1.54) is 0 Å². The summed E-state index contributed by atoms with van der Waals surface area (Å²) in [5, 5.41) is 12.0. The van der Waals surface area contributed by atoms with E-state index in [4.69, 9.17) is 4.99 Å². The van der Waals surface area contributed by atoms with Gasteiger partial charge in [-0.3, -0.25) is 9.20 Å². The molecule has 0 saturated heterocycles. The van der Waals surface area contributed by atoms with Gasteiger partial charge in [-0.25, -0.2) is 0 Å². The lowest BCUT2D eigenvalue weighted by molar-refractivity contribution is 0.467. The molecule has 3 nitrogen and oxygen atoms in total. The second-order valence-corrected chi connectivity index (χ2v) is 8.10. The molecule has 1 aromatic heterocycles. The number of fused-ring (bicyclic) bond motifs is 1. The van der Waals surface area contributed by atoms with Crippen molar-refractivity contribution in [3.63, 3.8) is 0 Å². The van der Waals surface area contributed by atoms with E-state index < -0.39 is 10.8 Å². The van der Waals surface area contributed by atoms with Gasteiger partial charge in [-0.05, 0) is 29.6 Å². The van der Waals surface area contributed by atoms with Crippen molar-refractivity contribution < 1.29 is 9.32 Å². The number of para-hydroxylation sites is 2. The number of benzene rings is 2. The Hall–Kier alpha value is -2.24. The molecule has 1 aliphatic rings. The Morgan fingerprint density at radius 1 is 1.04 bits per heavy atom. The summed E-state index contributed by atoms with van der Waals surface area (Å²) in [6.45, 7) is 0. The van der Waals surface area contributed by atoms with Crippen molar-refractivity contribution in [3.8, 4) is 5.75 Å². The van der Waals surface area contributed by atoms with Gasteiger partial charge in [-0.1, -0.05) is 36.4 Å². The highest BCUT2D eigenvalue weighted by molar-refractivity contribution is 7.85. The zero-order chi connectivity index (χ0) is 16.5. The van der Waals surface area contributed by atoms with Crippen LogP contribution in [-0.4, -0.2) is 15.0 Å². The summed E-state index contributed by atoms with van der Waals surface area (Å²) < 4.78 is 13.2. The third kappa shape index (κ3) is 2.70. The summed E-state index contributed by atoms with van der Waals surface area (Å²) in [6, 6.07) is 18.7. The fourth-order valence-corrected chi connectivity index (χ4v) is 5.20. The first-order chi connectivity index (χ1) is 11.7. The molecule has 120 valence electrons. The Morgan fingerprint density at radius 3 is 2.62 bits per heavy atom. The van der Waals surface area contributed by atoms with Gasteiger partial charge >= 0.3 is 0 Å². The summed E-state index contributed by atoms with van der Waals surface area (Å²) in [7, 11) is -1.28. The zero-order valence-corrected chi connectivity index (χ0v) is 14.4. The van der Waals surface area contributed by atoms with Gasteiger partial charge in [-0.2, -0.15) is 0 Å². The molecule has 0 amide bonds. The number of aliphatic imine (C=N–C) groups is 1. The number of rotatable bonds is 2. The van der Waals surface area contributed by atoms with Crippen LogP contribution in [0.1, 0.15) is 22.1 Å². The molecule has 0 saturated carbocycles. The minimum Gasteiger partial charge on any atom is -0.508 e. The Bertz CT molecular complexity index is 932. The van der Waals surface area contributed by atoms with Gasteiger partial charge in [0.1, 0.15) is 5.75 Å². The Kier molecular flexibility index (Phi) is 4.04. The number of phenolic OH excluding ortho intramolecular Hbond substituents is 1. The average molecular weight is 353 g/mol. The highest BCUT2D eigenvalue weighted by atomic mass is 32.2. The lowest BCUT2D eigenvalue weighted by atomic mass is 10.0. The molecule has 2 aromatic carbocycles. The minimum atomic E-state index is -1.28. The maximum Gasteiger partial charge on any atom is 0.120 e. The second-order valence-electron chi connectivity index (χ2n) is 5.55. The summed E-state index contributed by atoms with van der Waals surface area (Å²) in [4.78, 5) is 6.58. The van der Waals surface area contributed by atoms with Crippen molar-refractivity contribution in [1.29, 1.82) is 0 Å². The molecule has 1 aliphatic heterocycles. The van der Waals surface area contributed by atoms with E-state index in [0.717, 1.165) is 21.2 Å². The van der Waals surface area contributed by atoms with Crippen LogP contribution in [0.5, 0.6) is 5.75 Å². The van der Waals surface area contributed by atoms with Gasteiger partial charge in [0.15, 0.2) is 0 Å². The Balaban J connectivity index is 1.89. The van der Waals surface area contributed by atoms with Gasteiger partial charge < -0.3 is 5.11 Å². The normalized spacial score (nSPS) is 20.1. The van der Waals surface area contributed by atoms with Crippen LogP contribution in [0.2, 0.25) is 0 Å². The average Bonchev–Trinajstić information content (AvgIpc) is 3.09. The summed E-state index contributed by atoms with van der Waals surface area (Å²) in [6.07, 6.45) is 0.527. The monoisotopic (exact) mass is 353 g/mol. The van der Waals surface area contributed by atoms with Crippen LogP contribution in [0.25, 0.3) is 0 Å². The van der Waals surface area contributed by atoms with Crippen LogP contribution < -0.4 is 0 Å². The third-order valence-corrected chi connectivity index (χ3v) is 6.70. The largest absolute Gasteiger partial charge is 0.508 e. The molecule has 0 bridgehead atoms. The fraction of sp³-hybridized carbons (Fsp3) is 0.105. The van der Waals surface area contributed by atoms with Crippen LogP contribution >= 0.6 is 11.3 Å². The highest BCUT2D eigenvalue weighted by Gasteiger charge is 2.29. The minimum absolute atomic E-state index is 0.181. The van der Waals surface area contributed by atoms with Crippen molar-refractivity contribution in [1.82, 2.24) is 0 Å². The molecule has 0 fully saturated rings. The SMILES string of the molecule is O=S1c2ccccc2N=C(c2cccs2)CC1c1ccccc1O. The molecular formula is C19H15NO2S2. The van der Waals surface area contributed by atoms with Crippen molar-refractivity contribution >= 4 is 33.5 Å². The topological polar surface area (TPSA) is 49.7 Å². The Labute approximate surface area is 146 Å². The van der Waals surface area contributed by atoms with Crippen molar-refractivity contribution in [2.24, 2.45) is 4.99 Å². The van der Waals surface area contributed by atoms with Gasteiger partial charge in [0.2, 0.25) is 0 Å². The van der Waals surface area contributed by atoms with Crippen LogP contribution in [0.15, 0.2) is 75.9 Å². The molecule has 3 aromatic rings. The van der Waals surface area contributed by atoms with Crippen molar-refractivity contribution in [2.45, 2.75) is 16.6 Å². The molecule has 0 radical (unpaired) electrons. The van der Waals surface area contributed by atoms with Gasteiger partial charge in [0, 0.05) is 16.9 Å². The maximum atomic E-state index is 13.2. The lowest BCUT2D eigenvalue weighted by Gasteiger charge is -2.17. The first-order valence-corrected chi connectivity index (χ1v) is 9.72. The summed E-state index contributed by atoms with van der Waals surface area (Å²) in [5.74, 6) is 0.181. The Morgan fingerprint density at radius 2 is 1.83 bits per heavy atom. The number of hydrogen-bond donors (Lipinski definition) is 1. The third-order valence-electron chi connectivity index (χ3n) is 4.06. The van der Waals surface area contributed by atoms with Gasteiger partial charge in [0.05, 0.1) is 32.3 Å². The highest BCUT2D eigenvalue weighted by Crippen LogP contribution is 2.40. The zero-order valence-electron chi connectivity index (χ0n) is 12.8. The van der Waals surface area contributed by atoms with Crippen LogP contribution in [0, 0.1) is 0 Å². The van der Waals surface area contributed by atoms with E-state index in [1.54, 1.807) is 23.5 Å². The van der Waals surface area contributed by atoms with E-state index in [2.05, 4.69) is 0 Å². The van der Waals surface area contributed by atoms with E-state index in [1.807, 2.05) is 53.9 Å². The number of nitrogens with zero attached hydrogens (tertiary/aromatic N) is 1. The van der Waals surface area contributed by atoms with Crippen molar-refractivity contribution in [3.05, 3.63) is 76.5 Å². The smallest absolute Gasteiger partial charge is 0.120 e. The van der Waals surface area contributed by atoms with Crippen LogP contribution in [-0.2, 0) is 10.8 Å².